The third-order valence-electron chi connectivity index (χ3n) is 6.06. The molecule has 2 N–H and O–H groups in total. The largest absolute Gasteiger partial charge is 0.330 e. The summed E-state index contributed by atoms with van der Waals surface area (Å²) in [5, 5.41) is 2.86. The number of carbonyl (C=O) groups excluding carboxylic acids is 1. The van der Waals surface area contributed by atoms with Gasteiger partial charge in [0.1, 0.15) is 18.0 Å². The molecule has 4 aromatic heterocycles. The van der Waals surface area contributed by atoms with Crippen LogP contribution in [0.15, 0.2) is 46.6 Å². The number of carbonyl (C=O) groups is 1. The van der Waals surface area contributed by atoms with E-state index in [0.717, 1.165) is 32.1 Å². The maximum Gasteiger partial charge on any atom is 0.330 e. The molecular formula is C25H32N8O3. The Hall–Kier alpha value is -4.02. The lowest BCUT2D eigenvalue weighted by atomic mass is 10.2. The number of imidazole rings is 2. The van der Waals surface area contributed by atoms with Crippen LogP contribution in [0.3, 0.4) is 0 Å². The minimum absolute atomic E-state index is 0.178. The number of nitrogens with zero attached hydrogens (tertiary/aromatic N) is 6. The number of aromatic nitrogens is 7. The van der Waals surface area contributed by atoms with Crippen molar-refractivity contribution >= 4 is 22.8 Å². The number of nitrogens with one attached hydrogen (secondary N) is 2. The van der Waals surface area contributed by atoms with Crippen LogP contribution >= 0.6 is 0 Å². The van der Waals surface area contributed by atoms with Crippen LogP contribution in [-0.4, -0.2) is 39.5 Å². The van der Waals surface area contributed by atoms with E-state index >= 15 is 0 Å². The molecule has 4 heterocycles. The van der Waals surface area contributed by atoms with Crippen molar-refractivity contribution in [1.29, 1.82) is 0 Å². The lowest BCUT2D eigenvalue weighted by Crippen LogP contribution is -2.31. The van der Waals surface area contributed by atoms with Gasteiger partial charge in [-0.3, -0.25) is 23.7 Å². The van der Waals surface area contributed by atoms with Crippen molar-refractivity contribution in [3.63, 3.8) is 0 Å². The molecule has 36 heavy (non-hydrogen) atoms. The predicted octanol–water partition coefficient (Wildman–Crippen LogP) is 3.03. The van der Waals surface area contributed by atoms with Gasteiger partial charge in [0.05, 0.1) is 11.9 Å². The van der Waals surface area contributed by atoms with Crippen LogP contribution in [0.2, 0.25) is 0 Å². The second-order valence-corrected chi connectivity index (χ2v) is 8.75. The molecule has 0 aliphatic carbocycles. The van der Waals surface area contributed by atoms with Crippen molar-refractivity contribution in [1.82, 2.24) is 33.6 Å². The van der Waals surface area contributed by atoms with Gasteiger partial charge in [0.25, 0.3) is 5.56 Å². The Kier molecular flexibility index (Phi) is 8.09. The molecule has 0 bridgehead atoms. The van der Waals surface area contributed by atoms with E-state index in [9.17, 15) is 14.4 Å². The fraction of sp³-hybridized carbons (Fsp3) is 0.440. The normalized spacial score (nSPS) is 11.3. The molecule has 11 nitrogen and oxygen atoms in total. The number of hydrogen-bond acceptors (Lipinski definition) is 6. The summed E-state index contributed by atoms with van der Waals surface area (Å²) in [6, 6.07) is 3.58. The highest BCUT2D eigenvalue weighted by Crippen LogP contribution is 2.16. The number of rotatable bonds is 12. The highest BCUT2D eigenvalue weighted by Gasteiger charge is 2.19. The quantitative estimate of drug-likeness (QED) is 0.292. The van der Waals surface area contributed by atoms with Crippen molar-refractivity contribution in [3.8, 4) is 5.82 Å². The fourth-order valence-corrected chi connectivity index (χ4v) is 4.15. The first-order chi connectivity index (χ1) is 17.5. The molecule has 4 rings (SSSR count). The summed E-state index contributed by atoms with van der Waals surface area (Å²) in [5.41, 5.74) is 0.492. The summed E-state index contributed by atoms with van der Waals surface area (Å²) < 4.78 is 5.19. The maximum absolute atomic E-state index is 12.8. The Morgan fingerprint density at radius 1 is 1.06 bits per heavy atom. The van der Waals surface area contributed by atoms with E-state index in [1.165, 1.54) is 4.57 Å². The second-order valence-electron chi connectivity index (χ2n) is 8.75. The number of unbranched alkanes of at least 4 members (excludes halogenated alkanes) is 3. The molecule has 1 amide bonds. The number of amides is 1. The van der Waals surface area contributed by atoms with Gasteiger partial charge in [-0.15, -0.1) is 0 Å². The van der Waals surface area contributed by atoms with E-state index in [1.54, 1.807) is 41.6 Å². The molecule has 0 atom stereocenters. The van der Waals surface area contributed by atoms with E-state index in [0.29, 0.717) is 48.0 Å². The average molecular weight is 493 g/mol. The van der Waals surface area contributed by atoms with Gasteiger partial charge in [-0.05, 0) is 25.0 Å². The van der Waals surface area contributed by atoms with Crippen molar-refractivity contribution in [2.24, 2.45) is 0 Å². The molecule has 0 radical (unpaired) electrons. The molecule has 0 saturated heterocycles. The molecule has 190 valence electrons. The second kappa shape index (κ2) is 11.6. The van der Waals surface area contributed by atoms with Crippen molar-refractivity contribution in [3.05, 3.63) is 63.7 Å². The Bertz CT molecular complexity index is 1410. The molecule has 0 aliphatic heterocycles. The lowest BCUT2D eigenvalue weighted by Gasteiger charge is -2.09. The fourth-order valence-electron chi connectivity index (χ4n) is 4.15. The highest BCUT2D eigenvalue weighted by atomic mass is 16.2. The Labute approximate surface area is 208 Å². The van der Waals surface area contributed by atoms with Crippen LogP contribution in [0.1, 0.15) is 58.2 Å². The molecule has 4 aromatic rings. The Morgan fingerprint density at radius 3 is 2.56 bits per heavy atom. The average Bonchev–Trinajstić information content (AvgIpc) is 3.52. The van der Waals surface area contributed by atoms with Crippen molar-refractivity contribution < 1.29 is 4.79 Å². The summed E-state index contributed by atoms with van der Waals surface area (Å²) in [6.07, 6.45) is 11.9. The molecule has 0 spiro atoms. The van der Waals surface area contributed by atoms with Gasteiger partial charge in [-0.1, -0.05) is 33.1 Å². The zero-order valence-electron chi connectivity index (χ0n) is 20.7. The summed E-state index contributed by atoms with van der Waals surface area (Å²) in [4.78, 5) is 53.4. The number of pyridine rings is 1. The Balaban J connectivity index is 1.53. The van der Waals surface area contributed by atoms with Crippen molar-refractivity contribution in [2.75, 3.05) is 5.32 Å². The number of H-pyrrole nitrogens is 1. The lowest BCUT2D eigenvalue weighted by molar-refractivity contribution is -0.116. The van der Waals surface area contributed by atoms with Gasteiger partial charge >= 0.3 is 5.69 Å². The first-order valence-electron chi connectivity index (χ1n) is 12.5. The topological polar surface area (TPSA) is 132 Å². The monoisotopic (exact) mass is 492 g/mol. The van der Waals surface area contributed by atoms with Crippen LogP contribution in [-0.2, 0) is 24.3 Å². The van der Waals surface area contributed by atoms with Gasteiger partial charge in [-0.25, -0.2) is 19.7 Å². The van der Waals surface area contributed by atoms with Gasteiger partial charge in [0.15, 0.2) is 11.2 Å². The first kappa shape index (κ1) is 25.1. The third-order valence-corrected chi connectivity index (χ3v) is 6.06. The van der Waals surface area contributed by atoms with Gasteiger partial charge in [0.2, 0.25) is 5.91 Å². The zero-order chi connectivity index (χ0) is 25.5. The molecule has 11 heteroatoms. The van der Waals surface area contributed by atoms with Gasteiger partial charge in [0, 0.05) is 38.3 Å². The number of hydrogen-bond donors (Lipinski definition) is 2. The zero-order valence-corrected chi connectivity index (χ0v) is 20.7. The van der Waals surface area contributed by atoms with Gasteiger partial charge in [-0.2, -0.15) is 0 Å². The first-order valence-corrected chi connectivity index (χ1v) is 12.5. The van der Waals surface area contributed by atoms with Crippen LogP contribution < -0.4 is 16.6 Å². The van der Waals surface area contributed by atoms with E-state index < -0.39 is 11.2 Å². The number of fused-ring (bicyclic) bond motifs is 1. The summed E-state index contributed by atoms with van der Waals surface area (Å²) in [6.45, 7) is 5.25. The smallest absolute Gasteiger partial charge is 0.325 e. The highest BCUT2D eigenvalue weighted by molar-refractivity contribution is 5.90. The van der Waals surface area contributed by atoms with E-state index in [1.807, 2.05) is 11.5 Å². The molecule has 0 fully saturated rings. The Morgan fingerprint density at radius 2 is 1.86 bits per heavy atom. The standard InChI is InChI=1S/C25H32N8O3/c1-3-5-7-14-32-20(29-23-22(32)24(35)30-25(36)33(23)13-6-4-2)10-11-21(34)28-18-8-9-19(27-16-18)31-15-12-26-17-31/h8-9,12,15-17H,3-7,10-11,13-14H2,1-2H3,(H,28,34)(H,30,35,36). The minimum atomic E-state index is -0.449. The summed E-state index contributed by atoms with van der Waals surface area (Å²) in [5.74, 6) is 1.15. The van der Waals surface area contributed by atoms with Gasteiger partial charge < -0.3 is 9.88 Å². The van der Waals surface area contributed by atoms with Crippen LogP contribution in [0.5, 0.6) is 0 Å². The number of aryl methyl sites for hydroxylation is 3. The predicted molar refractivity (Wildman–Crippen MR) is 137 cm³/mol. The maximum atomic E-state index is 12.8. The molecule has 0 saturated carbocycles. The third kappa shape index (κ3) is 5.61. The SMILES string of the molecule is CCCCCn1c(CCC(=O)Nc2ccc(-n3ccnc3)nc2)nc2c1c(=O)[nH]c(=O)n2CCCC. The minimum Gasteiger partial charge on any atom is -0.325 e. The van der Waals surface area contributed by atoms with E-state index in [2.05, 4.69) is 32.2 Å². The van der Waals surface area contributed by atoms with E-state index in [4.69, 9.17) is 0 Å². The van der Waals surface area contributed by atoms with Crippen LogP contribution in [0.4, 0.5) is 5.69 Å². The van der Waals surface area contributed by atoms with Crippen molar-refractivity contribution in [2.45, 2.75) is 71.9 Å². The molecule has 0 unspecified atom stereocenters. The number of anilines is 1. The molecule has 0 aromatic carbocycles. The van der Waals surface area contributed by atoms with Crippen LogP contribution in [0.25, 0.3) is 17.0 Å². The molecular weight excluding hydrogens is 460 g/mol. The summed E-state index contributed by atoms with van der Waals surface area (Å²) >= 11 is 0. The molecule has 0 aliphatic rings. The van der Waals surface area contributed by atoms with E-state index in [-0.39, 0.29) is 12.3 Å². The summed E-state index contributed by atoms with van der Waals surface area (Å²) in [7, 11) is 0. The number of aromatic amines is 1. The van der Waals surface area contributed by atoms with Crippen LogP contribution in [0, 0.1) is 0 Å².